The molecule has 4 fully saturated rings. The Hall–Kier alpha value is -0.900. The monoisotopic (exact) mass is 246 g/mol. The van der Waals surface area contributed by atoms with Gasteiger partial charge in [-0.25, -0.2) is 4.68 Å². The summed E-state index contributed by atoms with van der Waals surface area (Å²) in [6.45, 7) is 0.885. The molecule has 4 aliphatic carbocycles. The third-order valence-electron chi connectivity index (χ3n) is 5.47. The first-order valence-electron chi connectivity index (χ1n) is 7.38. The first kappa shape index (κ1) is 11.0. The van der Waals surface area contributed by atoms with Gasteiger partial charge in [0, 0.05) is 6.54 Å². The van der Waals surface area contributed by atoms with E-state index in [1.807, 2.05) is 13.2 Å². The molecule has 4 saturated carbocycles. The van der Waals surface area contributed by atoms with Crippen LogP contribution in [0, 0.1) is 23.7 Å². The maximum absolute atomic E-state index is 4.41. The summed E-state index contributed by atoms with van der Waals surface area (Å²) in [5.74, 6) is 3.80. The molecular formula is C14H22N4. The highest BCUT2D eigenvalue weighted by Gasteiger charge is 2.49. The van der Waals surface area contributed by atoms with Crippen molar-refractivity contribution >= 4 is 0 Å². The molecule has 4 bridgehead atoms. The highest BCUT2D eigenvalue weighted by molar-refractivity contribution is 5.04. The first-order valence-corrected chi connectivity index (χ1v) is 7.38. The van der Waals surface area contributed by atoms with Crippen molar-refractivity contribution in [1.29, 1.82) is 0 Å². The van der Waals surface area contributed by atoms with E-state index in [0.29, 0.717) is 6.04 Å². The summed E-state index contributed by atoms with van der Waals surface area (Å²) < 4.78 is 2.25. The maximum atomic E-state index is 4.41. The van der Waals surface area contributed by atoms with Crippen LogP contribution in [-0.2, 0) is 6.54 Å². The second kappa shape index (κ2) is 4.05. The summed E-state index contributed by atoms with van der Waals surface area (Å²) in [5.41, 5.74) is 1.26. The van der Waals surface area contributed by atoms with E-state index in [1.165, 1.54) is 37.8 Å². The molecule has 1 aromatic rings. The lowest BCUT2D eigenvalue weighted by Crippen LogP contribution is -2.46. The van der Waals surface area contributed by atoms with Crippen LogP contribution in [0.1, 0.15) is 43.8 Å². The third-order valence-corrected chi connectivity index (χ3v) is 5.47. The Balaban J connectivity index is 1.66. The average Bonchev–Trinajstić information content (AvgIpc) is 2.76. The fraction of sp³-hybridized carbons (Fsp3) is 0.857. The van der Waals surface area contributed by atoms with Crippen molar-refractivity contribution in [2.24, 2.45) is 23.7 Å². The lowest BCUT2D eigenvalue weighted by Gasteiger charge is -2.54. The molecule has 4 heteroatoms. The zero-order chi connectivity index (χ0) is 12.1. The molecule has 0 radical (unpaired) electrons. The molecular weight excluding hydrogens is 224 g/mol. The molecule has 0 aliphatic heterocycles. The molecule has 0 amide bonds. The molecule has 0 spiro atoms. The molecule has 0 unspecified atom stereocenters. The van der Waals surface area contributed by atoms with Crippen LogP contribution in [-0.4, -0.2) is 22.0 Å². The number of rotatable bonds is 3. The highest BCUT2D eigenvalue weighted by atomic mass is 15.4. The van der Waals surface area contributed by atoms with Gasteiger partial charge in [0.05, 0.1) is 17.9 Å². The molecule has 18 heavy (non-hydrogen) atoms. The van der Waals surface area contributed by atoms with Crippen LogP contribution in [0.3, 0.4) is 0 Å². The molecule has 1 N–H and O–H groups in total. The SMILES string of the molecule is CNCc1cnnn1C1C2CC3CC(C2)CC1C3. The van der Waals surface area contributed by atoms with Crippen molar-refractivity contribution < 1.29 is 0 Å². The third kappa shape index (κ3) is 1.54. The van der Waals surface area contributed by atoms with E-state index in [-0.39, 0.29) is 0 Å². The molecule has 0 atom stereocenters. The van der Waals surface area contributed by atoms with Crippen LogP contribution < -0.4 is 5.32 Å². The van der Waals surface area contributed by atoms with Crippen LogP contribution in [0.5, 0.6) is 0 Å². The van der Waals surface area contributed by atoms with E-state index in [2.05, 4.69) is 20.3 Å². The van der Waals surface area contributed by atoms with Gasteiger partial charge in [-0.1, -0.05) is 5.21 Å². The lowest BCUT2D eigenvalue weighted by atomic mass is 9.54. The van der Waals surface area contributed by atoms with Gasteiger partial charge in [-0.15, -0.1) is 5.10 Å². The maximum Gasteiger partial charge on any atom is 0.0738 e. The predicted molar refractivity (Wildman–Crippen MR) is 68.9 cm³/mol. The standard InChI is InChI=1S/C14H22N4/c1-15-7-13-8-16-17-18(13)14-11-3-9-2-10(5-11)6-12(14)4-9/h8-12,14-15H,2-7H2,1H3. The summed E-state index contributed by atoms with van der Waals surface area (Å²) in [5, 5.41) is 11.8. The van der Waals surface area contributed by atoms with Gasteiger partial charge in [0.1, 0.15) is 0 Å². The quantitative estimate of drug-likeness (QED) is 0.887. The van der Waals surface area contributed by atoms with Crippen LogP contribution in [0.4, 0.5) is 0 Å². The van der Waals surface area contributed by atoms with Crippen molar-refractivity contribution in [2.75, 3.05) is 7.05 Å². The van der Waals surface area contributed by atoms with E-state index < -0.39 is 0 Å². The summed E-state index contributed by atoms with van der Waals surface area (Å²) >= 11 is 0. The molecule has 4 nitrogen and oxygen atoms in total. The molecule has 98 valence electrons. The van der Waals surface area contributed by atoms with Crippen molar-refractivity contribution in [3.05, 3.63) is 11.9 Å². The van der Waals surface area contributed by atoms with Crippen molar-refractivity contribution in [3.8, 4) is 0 Å². The number of aromatic nitrogens is 3. The van der Waals surface area contributed by atoms with Gasteiger partial charge in [-0.05, 0) is 62.8 Å². The Bertz CT molecular complexity index is 411. The van der Waals surface area contributed by atoms with Gasteiger partial charge in [0.2, 0.25) is 0 Å². The van der Waals surface area contributed by atoms with Crippen molar-refractivity contribution in [3.63, 3.8) is 0 Å². The van der Waals surface area contributed by atoms with E-state index in [4.69, 9.17) is 0 Å². The minimum atomic E-state index is 0.642. The van der Waals surface area contributed by atoms with Crippen LogP contribution >= 0.6 is 0 Å². The number of hydrogen-bond acceptors (Lipinski definition) is 3. The Morgan fingerprint density at radius 2 is 1.83 bits per heavy atom. The minimum absolute atomic E-state index is 0.642. The molecule has 1 aromatic heterocycles. The zero-order valence-corrected chi connectivity index (χ0v) is 11.0. The second-order valence-corrected chi connectivity index (χ2v) is 6.62. The van der Waals surface area contributed by atoms with Crippen molar-refractivity contribution in [1.82, 2.24) is 20.3 Å². The predicted octanol–water partition coefficient (Wildman–Crippen LogP) is 1.99. The summed E-state index contributed by atoms with van der Waals surface area (Å²) in [6, 6.07) is 0.642. The minimum Gasteiger partial charge on any atom is -0.314 e. The Morgan fingerprint density at radius 1 is 1.17 bits per heavy atom. The zero-order valence-electron chi connectivity index (χ0n) is 11.0. The smallest absolute Gasteiger partial charge is 0.0738 e. The van der Waals surface area contributed by atoms with Gasteiger partial charge in [0.15, 0.2) is 0 Å². The van der Waals surface area contributed by atoms with E-state index in [0.717, 1.165) is 30.2 Å². The van der Waals surface area contributed by atoms with Crippen LogP contribution in [0.25, 0.3) is 0 Å². The first-order chi connectivity index (χ1) is 8.85. The van der Waals surface area contributed by atoms with E-state index >= 15 is 0 Å². The molecule has 5 rings (SSSR count). The van der Waals surface area contributed by atoms with Gasteiger partial charge in [0.25, 0.3) is 0 Å². The lowest BCUT2D eigenvalue weighted by molar-refractivity contribution is -0.0353. The normalized spacial score (nSPS) is 41.5. The van der Waals surface area contributed by atoms with E-state index in [1.54, 1.807) is 0 Å². The van der Waals surface area contributed by atoms with Crippen LogP contribution in [0.2, 0.25) is 0 Å². The Morgan fingerprint density at radius 3 is 2.44 bits per heavy atom. The molecule has 1 heterocycles. The van der Waals surface area contributed by atoms with Gasteiger partial charge in [-0.3, -0.25) is 0 Å². The summed E-state index contributed by atoms with van der Waals surface area (Å²) in [4.78, 5) is 0. The van der Waals surface area contributed by atoms with Crippen LogP contribution in [0.15, 0.2) is 6.20 Å². The fourth-order valence-electron chi connectivity index (χ4n) is 5.12. The van der Waals surface area contributed by atoms with Gasteiger partial charge < -0.3 is 5.32 Å². The van der Waals surface area contributed by atoms with Gasteiger partial charge >= 0.3 is 0 Å². The van der Waals surface area contributed by atoms with Crippen molar-refractivity contribution in [2.45, 2.75) is 44.7 Å². The van der Waals surface area contributed by atoms with E-state index in [9.17, 15) is 0 Å². The summed E-state index contributed by atoms with van der Waals surface area (Å²) in [6.07, 6.45) is 9.21. The largest absolute Gasteiger partial charge is 0.314 e. The number of nitrogens with one attached hydrogen (secondary N) is 1. The fourth-order valence-corrected chi connectivity index (χ4v) is 5.12. The number of nitrogens with zero attached hydrogens (tertiary/aromatic N) is 3. The molecule has 0 saturated heterocycles. The van der Waals surface area contributed by atoms with Gasteiger partial charge in [-0.2, -0.15) is 0 Å². The number of hydrogen-bond donors (Lipinski definition) is 1. The average molecular weight is 246 g/mol. The second-order valence-electron chi connectivity index (χ2n) is 6.62. The Labute approximate surface area is 108 Å². The molecule has 0 aromatic carbocycles. The summed E-state index contributed by atoms with van der Waals surface area (Å²) in [7, 11) is 1.99. The molecule has 4 aliphatic rings. The topological polar surface area (TPSA) is 42.7 Å². The highest BCUT2D eigenvalue weighted by Crippen LogP contribution is 2.58. The Kier molecular flexibility index (Phi) is 2.47.